The molecule has 0 aromatic heterocycles. The average molecular weight is 244 g/mol. The van der Waals surface area contributed by atoms with Crippen molar-refractivity contribution < 1.29 is 4.79 Å². The smallest absolute Gasteiger partial charge is 0.222 e. The lowest BCUT2D eigenvalue weighted by Gasteiger charge is -2.19. The highest BCUT2D eigenvalue weighted by atomic mass is 35.5. The first kappa shape index (κ1) is 12.2. The van der Waals surface area contributed by atoms with E-state index in [9.17, 15) is 4.79 Å². The summed E-state index contributed by atoms with van der Waals surface area (Å²) >= 11 is 6.03. The Morgan fingerprint density at radius 1 is 1.12 bits per heavy atom. The molecule has 2 nitrogen and oxygen atoms in total. The van der Waals surface area contributed by atoms with Gasteiger partial charge in [-0.15, -0.1) is 11.6 Å². The van der Waals surface area contributed by atoms with Gasteiger partial charge >= 0.3 is 0 Å². The van der Waals surface area contributed by atoms with Crippen LogP contribution in [0.1, 0.15) is 51.4 Å². The fraction of sp³-hybridized carbons (Fsp3) is 0.923. The number of alkyl halides is 1. The molecule has 0 bridgehead atoms. The lowest BCUT2D eigenvalue weighted by molar-refractivity contribution is -0.131. The van der Waals surface area contributed by atoms with Gasteiger partial charge in [0.25, 0.3) is 0 Å². The van der Waals surface area contributed by atoms with Crippen LogP contribution in [0.2, 0.25) is 0 Å². The second-order valence-corrected chi connectivity index (χ2v) is 5.90. The number of likely N-dealkylation sites (tertiary alicyclic amines) is 1. The highest BCUT2D eigenvalue weighted by Gasteiger charge is 2.26. The van der Waals surface area contributed by atoms with E-state index in [2.05, 4.69) is 0 Å². The van der Waals surface area contributed by atoms with Crippen molar-refractivity contribution >= 4 is 17.5 Å². The number of carbonyl (C=O) groups excluding carboxylic acids is 1. The summed E-state index contributed by atoms with van der Waals surface area (Å²) < 4.78 is 0. The predicted octanol–water partition coefficient (Wildman–Crippen LogP) is 3.19. The second-order valence-electron chi connectivity index (χ2n) is 5.29. The van der Waals surface area contributed by atoms with E-state index in [-0.39, 0.29) is 5.38 Å². The van der Waals surface area contributed by atoms with E-state index >= 15 is 0 Å². The summed E-state index contributed by atoms with van der Waals surface area (Å²) in [6.07, 6.45) is 9.60. The number of nitrogens with zero attached hydrogens (tertiary/aromatic N) is 1. The number of hydrogen-bond acceptors (Lipinski definition) is 1. The predicted molar refractivity (Wildman–Crippen MR) is 66.6 cm³/mol. The number of hydrogen-bond donors (Lipinski definition) is 0. The van der Waals surface area contributed by atoms with Crippen molar-refractivity contribution in [1.29, 1.82) is 0 Å². The van der Waals surface area contributed by atoms with Crippen molar-refractivity contribution in [3.63, 3.8) is 0 Å². The molecule has 3 heteroatoms. The van der Waals surface area contributed by atoms with Crippen LogP contribution in [0.25, 0.3) is 0 Å². The lowest BCUT2D eigenvalue weighted by Crippen LogP contribution is -2.30. The Kier molecular flexibility index (Phi) is 4.51. The van der Waals surface area contributed by atoms with Crippen LogP contribution in [0.3, 0.4) is 0 Å². The average Bonchev–Trinajstić information content (AvgIpc) is 2.54. The van der Waals surface area contributed by atoms with Crippen molar-refractivity contribution in [2.75, 3.05) is 13.1 Å². The number of carbonyl (C=O) groups is 1. The summed E-state index contributed by atoms with van der Waals surface area (Å²) in [4.78, 5) is 14.0. The monoisotopic (exact) mass is 243 g/mol. The Morgan fingerprint density at radius 2 is 1.81 bits per heavy atom. The van der Waals surface area contributed by atoms with Gasteiger partial charge in [-0.25, -0.2) is 0 Å². The first-order valence-electron chi connectivity index (χ1n) is 6.67. The molecule has 1 saturated heterocycles. The van der Waals surface area contributed by atoms with E-state index in [1.54, 1.807) is 0 Å². The standard InChI is InChI=1S/C13H22ClNO/c14-12-7-8-15(10-12)13(16)9-11-5-3-1-2-4-6-11/h11-12H,1-10H2. The van der Waals surface area contributed by atoms with Gasteiger partial charge in [0, 0.05) is 19.5 Å². The summed E-state index contributed by atoms with van der Waals surface area (Å²) in [6, 6.07) is 0. The first-order valence-corrected chi connectivity index (χ1v) is 7.11. The lowest BCUT2D eigenvalue weighted by atomic mass is 9.96. The zero-order valence-electron chi connectivity index (χ0n) is 9.96. The molecule has 2 rings (SSSR count). The fourth-order valence-electron chi connectivity index (χ4n) is 2.89. The molecule has 0 spiro atoms. The van der Waals surface area contributed by atoms with E-state index in [0.717, 1.165) is 25.9 Å². The van der Waals surface area contributed by atoms with E-state index in [4.69, 9.17) is 11.6 Å². The molecular formula is C13H22ClNO. The Hall–Kier alpha value is -0.240. The van der Waals surface area contributed by atoms with Gasteiger partial charge in [0.15, 0.2) is 0 Å². The summed E-state index contributed by atoms with van der Waals surface area (Å²) in [5, 5.41) is 0.193. The van der Waals surface area contributed by atoms with Crippen LogP contribution in [0.5, 0.6) is 0 Å². The van der Waals surface area contributed by atoms with Crippen LogP contribution in [0.4, 0.5) is 0 Å². The van der Waals surface area contributed by atoms with Crippen LogP contribution in [-0.4, -0.2) is 29.3 Å². The molecule has 1 aliphatic carbocycles. The minimum absolute atomic E-state index is 0.193. The molecule has 0 radical (unpaired) electrons. The quantitative estimate of drug-likeness (QED) is 0.539. The Bertz CT molecular complexity index is 236. The highest BCUT2D eigenvalue weighted by Crippen LogP contribution is 2.27. The number of halogens is 1. The molecule has 2 aliphatic rings. The van der Waals surface area contributed by atoms with E-state index in [1.807, 2.05) is 4.90 Å². The zero-order chi connectivity index (χ0) is 11.4. The van der Waals surface area contributed by atoms with Gasteiger partial charge in [-0.1, -0.05) is 25.7 Å². The highest BCUT2D eigenvalue weighted by molar-refractivity contribution is 6.21. The molecule has 16 heavy (non-hydrogen) atoms. The zero-order valence-corrected chi connectivity index (χ0v) is 10.7. The van der Waals surface area contributed by atoms with E-state index in [0.29, 0.717) is 11.8 Å². The maximum absolute atomic E-state index is 12.0. The molecule has 2 fully saturated rings. The topological polar surface area (TPSA) is 20.3 Å². The molecule has 0 N–H and O–H groups in total. The van der Waals surface area contributed by atoms with Crippen molar-refractivity contribution in [3.05, 3.63) is 0 Å². The molecule has 1 heterocycles. The summed E-state index contributed by atoms with van der Waals surface area (Å²) in [6.45, 7) is 1.65. The van der Waals surface area contributed by atoms with Crippen molar-refractivity contribution in [2.24, 2.45) is 5.92 Å². The third kappa shape index (κ3) is 3.38. The fourth-order valence-corrected chi connectivity index (χ4v) is 3.15. The van der Waals surface area contributed by atoms with Crippen LogP contribution in [0.15, 0.2) is 0 Å². The minimum Gasteiger partial charge on any atom is -0.341 e. The molecule has 1 saturated carbocycles. The molecule has 0 aromatic rings. The van der Waals surface area contributed by atoms with Crippen LogP contribution in [0, 0.1) is 5.92 Å². The van der Waals surface area contributed by atoms with Gasteiger partial charge in [0.2, 0.25) is 5.91 Å². The molecule has 1 atom stereocenters. The van der Waals surface area contributed by atoms with Gasteiger partial charge in [0.05, 0.1) is 5.38 Å². The van der Waals surface area contributed by atoms with Gasteiger partial charge in [-0.2, -0.15) is 0 Å². The molecule has 1 unspecified atom stereocenters. The second kappa shape index (κ2) is 5.90. The van der Waals surface area contributed by atoms with Crippen molar-refractivity contribution in [1.82, 2.24) is 4.90 Å². The summed E-state index contributed by atoms with van der Waals surface area (Å²) in [7, 11) is 0. The molecule has 0 aromatic carbocycles. The SMILES string of the molecule is O=C(CC1CCCCCC1)N1CCC(Cl)C1. The number of rotatable bonds is 2. The van der Waals surface area contributed by atoms with Crippen molar-refractivity contribution in [2.45, 2.75) is 56.7 Å². The van der Waals surface area contributed by atoms with Crippen LogP contribution >= 0.6 is 11.6 Å². The molecule has 92 valence electrons. The third-order valence-electron chi connectivity index (χ3n) is 3.92. The van der Waals surface area contributed by atoms with E-state index < -0.39 is 0 Å². The summed E-state index contributed by atoms with van der Waals surface area (Å²) in [5.74, 6) is 0.986. The Labute approximate surface area is 103 Å². The van der Waals surface area contributed by atoms with Crippen molar-refractivity contribution in [3.8, 4) is 0 Å². The normalized spacial score (nSPS) is 28.1. The Morgan fingerprint density at radius 3 is 2.38 bits per heavy atom. The maximum atomic E-state index is 12.0. The van der Waals surface area contributed by atoms with E-state index in [1.165, 1.54) is 38.5 Å². The third-order valence-corrected chi connectivity index (χ3v) is 4.28. The summed E-state index contributed by atoms with van der Waals surface area (Å²) in [5.41, 5.74) is 0. The van der Waals surface area contributed by atoms with Crippen LogP contribution in [-0.2, 0) is 4.79 Å². The van der Waals surface area contributed by atoms with Gasteiger partial charge in [0.1, 0.15) is 0 Å². The molecule has 1 amide bonds. The van der Waals surface area contributed by atoms with Gasteiger partial charge in [-0.3, -0.25) is 4.79 Å². The minimum atomic E-state index is 0.193. The maximum Gasteiger partial charge on any atom is 0.222 e. The molecule has 1 aliphatic heterocycles. The van der Waals surface area contributed by atoms with Gasteiger partial charge < -0.3 is 4.90 Å². The molecular weight excluding hydrogens is 222 g/mol. The van der Waals surface area contributed by atoms with Gasteiger partial charge in [-0.05, 0) is 25.2 Å². The Balaban J connectivity index is 1.77. The first-order chi connectivity index (χ1) is 7.75. The number of amides is 1. The van der Waals surface area contributed by atoms with Crippen LogP contribution < -0.4 is 0 Å². The largest absolute Gasteiger partial charge is 0.341 e.